The van der Waals surface area contributed by atoms with Gasteiger partial charge in [0.05, 0.1) is 4.47 Å². The summed E-state index contributed by atoms with van der Waals surface area (Å²) in [4.78, 5) is 16.0. The zero-order chi connectivity index (χ0) is 9.80. The maximum atomic E-state index is 4.02. The summed E-state index contributed by atoms with van der Waals surface area (Å²) in [5.74, 6) is 0.953. The minimum Gasteiger partial charge on any atom is -0.293 e. The summed E-state index contributed by atoms with van der Waals surface area (Å²) in [6.07, 6.45) is 6.60. The Kier molecular flexibility index (Phi) is 2.64. The van der Waals surface area contributed by atoms with Crippen LogP contribution in [-0.4, -0.2) is 19.9 Å². The number of aromatic nitrogens is 4. The summed E-state index contributed by atoms with van der Waals surface area (Å²) in [7, 11) is 0. The van der Waals surface area contributed by atoms with Crippen LogP contribution >= 0.6 is 15.9 Å². The number of anilines is 2. The van der Waals surface area contributed by atoms with E-state index in [1.54, 1.807) is 30.9 Å². The fraction of sp³-hybridized carbons (Fsp3) is 0. The minimum atomic E-state index is 0.472. The Morgan fingerprint density at radius 3 is 2.14 bits per heavy atom. The van der Waals surface area contributed by atoms with E-state index in [0.29, 0.717) is 11.9 Å². The second kappa shape index (κ2) is 4.10. The Hall–Kier alpha value is -1.56. The molecule has 14 heavy (non-hydrogen) atoms. The topological polar surface area (TPSA) is 63.6 Å². The lowest BCUT2D eigenvalue weighted by atomic mass is 10.6. The molecule has 0 saturated heterocycles. The molecular formula is C8H6BrN5. The van der Waals surface area contributed by atoms with E-state index in [0.717, 1.165) is 4.47 Å². The van der Waals surface area contributed by atoms with Gasteiger partial charge in [0.25, 0.3) is 0 Å². The van der Waals surface area contributed by atoms with Gasteiger partial charge >= 0.3 is 0 Å². The van der Waals surface area contributed by atoms with Crippen LogP contribution < -0.4 is 5.32 Å². The van der Waals surface area contributed by atoms with Gasteiger partial charge in [-0.1, -0.05) is 0 Å². The molecule has 0 radical (unpaired) electrons. The van der Waals surface area contributed by atoms with Gasteiger partial charge in [-0.15, -0.1) is 0 Å². The van der Waals surface area contributed by atoms with E-state index in [4.69, 9.17) is 0 Å². The van der Waals surface area contributed by atoms with Gasteiger partial charge in [-0.05, 0) is 22.0 Å². The maximum Gasteiger partial charge on any atom is 0.229 e. The molecular weight excluding hydrogens is 246 g/mol. The Morgan fingerprint density at radius 2 is 1.50 bits per heavy atom. The predicted molar refractivity (Wildman–Crippen MR) is 55.0 cm³/mol. The highest BCUT2D eigenvalue weighted by atomic mass is 79.9. The SMILES string of the molecule is Brc1cnc(Nc2ncccn2)nc1. The lowest BCUT2D eigenvalue weighted by Crippen LogP contribution is -1.99. The van der Waals surface area contributed by atoms with Crippen molar-refractivity contribution < 1.29 is 0 Å². The summed E-state index contributed by atoms with van der Waals surface area (Å²) in [6, 6.07) is 1.74. The summed E-state index contributed by atoms with van der Waals surface area (Å²) in [6.45, 7) is 0. The molecule has 2 aromatic heterocycles. The van der Waals surface area contributed by atoms with E-state index in [-0.39, 0.29) is 0 Å². The molecule has 0 atom stereocenters. The molecule has 70 valence electrons. The lowest BCUT2D eigenvalue weighted by Gasteiger charge is -2.00. The van der Waals surface area contributed by atoms with Gasteiger partial charge < -0.3 is 0 Å². The second-order valence-corrected chi connectivity index (χ2v) is 3.34. The third-order valence-electron chi connectivity index (χ3n) is 1.41. The van der Waals surface area contributed by atoms with Crippen LogP contribution in [0.3, 0.4) is 0 Å². The number of hydrogen-bond donors (Lipinski definition) is 1. The van der Waals surface area contributed by atoms with Crippen molar-refractivity contribution in [3.63, 3.8) is 0 Å². The lowest BCUT2D eigenvalue weighted by molar-refractivity contribution is 1.10. The van der Waals surface area contributed by atoms with Crippen LogP contribution in [0.2, 0.25) is 0 Å². The highest BCUT2D eigenvalue weighted by Gasteiger charge is 1.97. The van der Waals surface area contributed by atoms with Gasteiger partial charge in [-0.25, -0.2) is 19.9 Å². The molecule has 0 saturated carbocycles. The molecule has 2 aromatic rings. The van der Waals surface area contributed by atoms with E-state index < -0.39 is 0 Å². The zero-order valence-electron chi connectivity index (χ0n) is 7.05. The second-order valence-electron chi connectivity index (χ2n) is 2.42. The highest BCUT2D eigenvalue weighted by Crippen LogP contribution is 2.09. The molecule has 6 heteroatoms. The average molecular weight is 252 g/mol. The predicted octanol–water partition coefficient (Wildman–Crippen LogP) is 1.77. The summed E-state index contributed by atoms with van der Waals surface area (Å²) in [5, 5.41) is 2.87. The molecule has 0 aromatic carbocycles. The highest BCUT2D eigenvalue weighted by molar-refractivity contribution is 9.10. The monoisotopic (exact) mass is 251 g/mol. The van der Waals surface area contributed by atoms with Gasteiger partial charge in [0, 0.05) is 24.8 Å². The van der Waals surface area contributed by atoms with Crippen LogP contribution in [0.4, 0.5) is 11.9 Å². The Balaban J connectivity index is 2.16. The molecule has 2 heterocycles. The van der Waals surface area contributed by atoms with Gasteiger partial charge in [0.1, 0.15) is 0 Å². The summed E-state index contributed by atoms with van der Waals surface area (Å²) >= 11 is 3.25. The minimum absolute atomic E-state index is 0.472. The van der Waals surface area contributed by atoms with Crippen molar-refractivity contribution in [1.29, 1.82) is 0 Å². The van der Waals surface area contributed by atoms with E-state index in [1.807, 2.05) is 0 Å². The molecule has 0 fully saturated rings. The first-order valence-electron chi connectivity index (χ1n) is 3.86. The van der Waals surface area contributed by atoms with Crippen molar-refractivity contribution >= 4 is 27.8 Å². The van der Waals surface area contributed by atoms with Gasteiger partial charge in [-0.3, -0.25) is 5.32 Å². The van der Waals surface area contributed by atoms with Crippen LogP contribution in [0.15, 0.2) is 35.3 Å². The first-order chi connectivity index (χ1) is 6.84. The van der Waals surface area contributed by atoms with Crippen molar-refractivity contribution in [3.05, 3.63) is 35.3 Å². The van der Waals surface area contributed by atoms with Crippen molar-refractivity contribution in [1.82, 2.24) is 19.9 Å². The molecule has 2 rings (SSSR count). The van der Waals surface area contributed by atoms with Gasteiger partial charge in [0.2, 0.25) is 11.9 Å². The van der Waals surface area contributed by atoms with E-state index in [2.05, 4.69) is 41.2 Å². The third-order valence-corrected chi connectivity index (χ3v) is 1.82. The van der Waals surface area contributed by atoms with Crippen LogP contribution in [0, 0.1) is 0 Å². The summed E-state index contributed by atoms with van der Waals surface area (Å²) in [5.41, 5.74) is 0. The van der Waals surface area contributed by atoms with Crippen LogP contribution in [0.5, 0.6) is 0 Å². The largest absolute Gasteiger partial charge is 0.293 e. The first-order valence-corrected chi connectivity index (χ1v) is 4.65. The number of nitrogens with zero attached hydrogens (tertiary/aromatic N) is 4. The number of hydrogen-bond acceptors (Lipinski definition) is 5. The van der Waals surface area contributed by atoms with E-state index in [1.165, 1.54) is 0 Å². The number of halogens is 1. The normalized spacial score (nSPS) is 9.79. The van der Waals surface area contributed by atoms with E-state index >= 15 is 0 Å². The fourth-order valence-electron chi connectivity index (χ4n) is 0.840. The van der Waals surface area contributed by atoms with Crippen LogP contribution in [0.25, 0.3) is 0 Å². The Bertz CT molecular complexity index is 402. The standard InChI is InChI=1S/C8H6BrN5/c9-6-4-12-8(13-5-6)14-7-10-2-1-3-11-7/h1-5H,(H,10,11,12,13,14). The fourth-order valence-corrected chi connectivity index (χ4v) is 1.05. The van der Waals surface area contributed by atoms with Crippen LogP contribution in [0.1, 0.15) is 0 Å². The van der Waals surface area contributed by atoms with Crippen molar-refractivity contribution in [3.8, 4) is 0 Å². The molecule has 0 aliphatic rings. The maximum absolute atomic E-state index is 4.02. The molecule has 0 aliphatic carbocycles. The van der Waals surface area contributed by atoms with Crippen molar-refractivity contribution in [2.75, 3.05) is 5.32 Å². The van der Waals surface area contributed by atoms with Gasteiger partial charge in [-0.2, -0.15) is 0 Å². The van der Waals surface area contributed by atoms with Crippen LogP contribution in [-0.2, 0) is 0 Å². The van der Waals surface area contributed by atoms with E-state index in [9.17, 15) is 0 Å². The molecule has 0 bridgehead atoms. The summed E-state index contributed by atoms with van der Waals surface area (Å²) < 4.78 is 0.831. The third kappa shape index (κ3) is 2.23. The molecule has 5 nitrogen and oxygen atoms in total. The molecule has 0 spiro atoms. The van der Waals surface area contributed by atoms with Crippen molar-refractivity contribution in [2.24, 2.45) is 0 Å². The molecule has 0 aliphatic heterocycles. The Morgan fingerprint density at radius 1 is 0.929 bits per heavy atom. The number of rotatable bonds is 2. The smallest absolute Gasteiger partial charge is 0.229 e. The first kappa shape index (κ1) is 9.01. The quantitative estimate of drug-likeness (QED) is 0.882. The zero-order valence-corrected chi connectivity index (χ0v) is 8.64. The van der Waals surface area contributed by atoms with Gasteiger partial charge in [0.15, 0.2) is 0 Å². The Labute approximate surface area is 88.8 Å². The number of nitrogens with one attached hydrogen (secondary N) is 1. The van der Waals surface area contributed by atoms with Crippen molar-refractivity contribution in [2.45, 2.75) is 0 Å². The molecule has 0 amide bonds. The molecule has 1 N–H and O–H groups in total. The molecule has 0 unspecified atom stereocenters. The average Bonchev–Trinajstić information content (AvgIpc) is 2.23.